The highest BCUT2D eigenvalue weighted by Gasteiger charge is 2.07. The number of anilines is 1. The lowest BCUT2D eigenvalue weighted by atomic mass is 10.1. The Morgan fingerprint density at radius 1 is 1.37 bits per heavy atom. The van der Waals surface area contributed by atoms with Gasteiger partial charge in [-0.3, -0.25) is 4.79 Å². The van der Waals surface area contributed by atoms with E-state index in [0.29, 0.717) is 17.8 Å². The second kappa shape index (κ2) is 5.48. The first-order chi connectivity index (χ1) is 9.01. The minimum Gasteiger partial charge on any atom is -0.496 e. The van der Waals surface area contributed by atoms with Crippen molar-refractivity contribution in [2.24, 2.45) is 0 Å². The fourth-order valence-corrected chi connectivity index (χ4v) is 2.55. The number of methoxy groups -OCH3 is 1. The van der Waals surface area contributed by atoms with E-state index in [-0.39, 0.29) is 5.56 Å². The smallest absolute Gasteiger partial charge is 0.253 e. The molecule has 0 aliphatic carbocycles. The van der Waals surface area contributed by atoms with Gasteiger partial charge >= 0.3 is 0 Å². The van der Waals surface area contributed by atoms with Crippen molar-refractivity contribution >= 4 is 21.6 Å². The molecule has 1 aromatic carbocycles. The Bertz CT molecular complexity index is 665. The van der Waals surface area contributed by atoms with Crippen molar-refractivity contribution in [3.8, 4) is 5.75 Å². The lowest BCUT2D eigenvalue weighted by Crippen LogP contribution is -2.22. The van der Waals surface area contributed by atoms with Gasteiger partial charge in [-0.1, -0.05) is 0 Å². The van der Waals surface area contributed by atoms with Crippen LogP contribution in [-0.2, 0) is 6.54 Å². The van der Waals surface area contributed by atoms with Crippen molar-refractivity contribution in [2.45, 2.75) is 13.5 Å². The van der Waals surface area contributed by atoms with Gasteiger partial charge in [0.1, 0.15) is 5.75 Å². The molecule has 0 saturated heterocycles. The Labute approximate surface area is 119 Å². The lowest BCUT2D eigenvalue weighted by Gasteiger charge is -2.12. The van der Waals surface area contributed by atoms with Crippen LogP contribution in [0.1, 0.15) is 11.1 Å². The minimum absolute atomic E-state index is 0.0207. The molecule has 0 amide bonds. The SMILES string of the molecule is COc1ccc(N)cc1Cn1cc(Br)cc(C)c1=O. The monoisotopic (exact) mass is 322 g/mol. The summed E-state index contributed by atoms with van der Waals surface area (Å²) < 4.78 is 7.79. The molecular weight excluding hydrogens is 308 g/mol. The first-order valence-electron chi connectivity index (χ1n) is 5.80. The van der Waals surface area contributed by atoms with Crippen molar-refractivity contribution in [1.82, 2.24) is 4.57 Å². The number of aryl methyl sites for hydroxylation is 1. The normalized spacial score (nSPS) is 10.5. The average molecular weight is 323 g/mol. The summed E-state index contributed by atoms with van der Waals surface area (Å²) in [6.07, 6.45) is 1.76. The molecule has 0 unspecified atom stereocenters. The van der Waals surface area contributed by atoms with Crippen LogP contribution in [0.4, 0.5) is 5.69 Å². The number of pyridine rings is 1. The maximum absolute atomic E-state index is 12.1. The van der Waals surface area contributed by atoms with E-state index in [2.05, 4.69) is 15.9 Å². The van der Waals surface area contributed by atoms with E-state index in [4.69, 9.17) is 10.5 Å². The molecule has 19 heavy (non-hydrogen) atoms. The summed E-state index contributed by atoms with van der Waals surface area (Å²) in [6.45, 7) is 2.22. The van der Waals surface area contributed by atoms with Crippen LogP contribution in [0.25, 0.3) is 0 Å². The predicted octanol–water partition coefficient (Wildman–Crippen LogP) is 2.56. The van der Waals surface area contributed by atoms with E-state index in [0.717, 1.165) is 15.8 Å². The first kappa shape index (κ1) is 13.7. The number of nitrogens with zero attached hydrogens (tertiary/aromatic N) is 1. The lowest BCUT2D eigenvalue weighted by molar-refractivity contribution is 0.408. The van der Waals surface area contributed by atoms with Crippen LogP contribution in [0.5, 0.6) is 5.75 Å². The third-order valence-corrected chi connectivity index (χ3v) is 3.31. The summed E-state index contributed by atoms with van der Waals surface area (Å²) in [4.78, 5) is 12.1. The van der Waals surface area contributed by atoms with Crippen molar-refractivity contribution in [2.75, 3.05) is 12.8 Å². The van der Waals surface area contributed by atoms with Gasteiger partial charge in [-0.25, -0.2) is 0 Å². The van der Waals surface area contributed by atoms with Crippen LogP contribution >= 0.6 is 15.9 Å². The predicted molar refractivity (Wildman–Crippen MR) is 79.6 cm³/mol. The molecule has 0 atom stereocenters. The van der Waals surface area contributed by atoms with Crippen LogP contribution in [0.2, 0.25) is 0 Å². The van der Waals surface area contributed by atoms with E-state index in [1.54, 1.807) is 43.0 Å². The Balaban J connectivity index is 2.47. The number of halogens is 1. The molecule has 0 bridgehead atoms. The quantitative estimate of drug-likeness (QED) is 0.883. The third-order valence-electron chi connectivity index (χ3n) is 2.88. The summed E-state index contributed by atoms with van der Waals surface area (Å²) in [5, 5.41) is 0. The molecular formula is C14H15BrN2O2. The molecule has 0 fully saturated rings. The molecule has 1 aromatic heterocycles. The molecule has 0 aliphatic heterocycles. The molecule has 2 aromatic rings. The number of hydrogen-bond donors (Lipinski definition) is 1. The Morgan fingerprint density at radius 2 is 2.11 bits per heavy atom. The second-order valence-corrected chi connectivity index (χ2v) is 5.26. The van der Waals surface area contributed by atoms with Crippen molar-refractivity contribution in [3.63, 3.8) is 0 Å². The zero-order valence-electron chi connectivity index (χ0n) is 10.8. The maximum Gasteiger partial charge on any atom is 0.253 e. The van der Waals surface area contributed by atoms with Crippen LogP contribution < -0.4 is 16.0 Å². The zero-order chi connectivity index (χ0) is 14.0. The van der Waals surface area contributed by atoms with Gasteiger partial charge in [-0.15, -0.1) is 0 Å². The minimum atomic E-state index is -0.0207. The van der Waals surface area contributed by atoms with Gasteiger partial charge in [0, 0.05) is 27.5 Å². The average Bonchev–Trinajstić information content (AvgIpc) is 2.35. The number of hydrogen-bond acceptors (Lipinski definition) is 3. The van der Waals surface area contributed by atoms with Crippen molar-refractivity contribution < 1.29 is 4.74 Å². The number of benzene rings is 1. The first-order valence-corrected chi connectivity index (χ1v) is 6.59. The van der Waals surface area contributed by atoms with Crippen LogP contribution in [0.3, 0.4) is 0 Å². The fourth-order valence-electron chi connectivity index (χ4n) is 1.96. The highest BCUT2D eigenvalue weighted by Crippen LogP contribution is 2.22. The van der Waals surface area contributed by atoms with E-state index < -0.39 is 0 Å². The molecule has 1 heterocycles. The summed E-state index contributed by atoms with van der Waals surface area (Å²) in [6, 6.07) is 7.20. The van der Waals surface area contributed by atoms with Gasteiger partial charge in [-0.05, 0) is 47.1 Å². The molecule has 5 heteroatoms. The maximum atomic E-state index is 12.1. The third kappa shape index (κ3) is 2.98. The van der Waals surface area contributed by atoms with Crippen LogP contribution in [0, 0.1) is 6.92 Å². The van der Waals surface area contributed by atoms with E-state index in [1.165, 1.54) is 0 Å². The van der Waals surface area contributed by atoms with Crippen molar-refractivity contribution in [3.05, 3.63) is 56.4 Å². The molecule has 100 valence electrons. The number of aromatic nitrogens is 1. The summed E-state index contributed by atoms with van der Waals surface area (Å²) in [7, 11) is 1.60. The van der Waals surface area contributed by atoms with E-state index in [9.17, 15) is 4.79 Å². The van der Waals surface area contributed by atoms with Gasteiger partial charge in [-0.2, -0.15) is 0 Å². The van der Waals surface area contributed by atoms with Gasteiger partial charge in [0.15, 0.2) is 0 Å². The molecule has 0 aliphatic rings. The molecule has 2 N–H and O–H groups in total. The summed E-state index contributed by atoms with van der Waals surface area (Å²) in [5.74, 6) is 0.721. The Morgan fingerprint density at radius 3 is 2.79 bits per heavy atom. The van der Waals surface area contributed by atoms with Crippen LogP contribution in [0.15, 0.2) is 39.7 Å². The van der Waals surface area contributed by atoms with Crippen molar-refractivity contribution in [1.29, 1.82) is 0 Å². The topological polar surface area (TPSA) is 57.2 Å². The Hall–Kier alpha value is -1.75. The highest BCUT2D eigenvalue weighted by molar-refractivity contribution is 9.10. The molecule has 0 saturated carbocycles. The summed E-state index contributed by atoms with van der Waals surface area (Å²) >= 11 is 3.39. The molecule has 0 spiro atoms. The zero-order valence-corrected chi connectivity index (χ0v) is 12.4. The molecule has 0 radical (unpaired) electrons. The van der Waals surface area contributed by atoms with Crippen LogP contribution in [-0.4, -0.2) is 11.7 Å². The molecule has 4 nitrogen and oxygen atoms in total. The standard InChI is InChI=1S/C14H15BrN2O2/c1-9-5-11(15)8-17(14(9)18)7-10-6-12(16)3-4-13(10)19-2/h3-6,8H,7,16H2,1-2H3. The van der Waals surface area contributed by atoms with E-state index >= 15 is 0 Å². The highest BCUT2D eigenvalue weighted by atomic mass is 79.9. The number of ether oxygens (including phenoxy) is 1. The molecule has 2 rings (SSSR count). The second-order valence-electron chi connectivity index (χ2n) is 4.35. The Kier molecular flexibility index (Phi) is 3.95. The largest absolute Gasteiger partial charge is 0.496 e. The van der Waals surface area contributed by atoms with Gasteiger partial charge < -0.3 is 15.0 Å². The summed E-state index contributed by atoms with van der Waals surface area (Å²) in [5.41, 5.74) is 7.98. The van der Waals surface area contributed by atoms with E-state index in [1.807, 2.05) is 6.07 Å². The van der Waals surface area contributed by atoms with Gasteiger partial charge in [0.05, 0.1) is 13.7 Å². The fraction of sp³-hybridized carbons (Fsp3) is 0.214. The number of nitrogens with two attached hydrogens (primary N) is 1. The number of nitrogen functional groups attached to an aromatic ring is 1. The van der Waals surface area contributed by atoms with Gasteiger partial charge in [0.2, 0.25) is 0 Å². The van der Waals surface area contributed by atoms with Gasteiger partial charge in [0.25, 0.3) is 5.56 Å². The number of rotatable bonds is 3.